The Bertz CT molecular complexity index is 1270. The van der Waals surface area contributed by atoms with Crippen molar-refractivity contribution in [1.29, 1.82) is 0 Å². The molecule has 2 unspecified atom stereocenters. The molecule has 2 atom stereocenters. The van der Waals surface area contributed by atoms with Crippen LogP contribution in [0.5, 0.6) is 0 Å². The molecule has 0 spiro atoms. The smallest absolute Gasteiger partial charge is 0.366 e. The quantitative estimate of drug-likeness (QED) is 0.264. The van der Waals surface area contributed by atoms with Crippen molar-refractivity contribution < 1.29 is 34.4 Å². The monoisotopic (exact) mass is 522 g/mol. The van der Waals surface area contributed by atoms with Crippen LogP contribution in [0.25, 0.3) is 21.9 Å². The molecule has 0 radical (unpaired) electrons. The van der Waals surface area contributed by atoms with Crippen LogP contribution < -0.4 is 5.32 Å². The molecular weight excluding hydrogens is 488 g/mol. The number of nitrogens with zero attached hydrogens (tertiary/aromatic N) is 1. The van der Waals surface area contributed by atoms with Crippen LogP contribution in [0.3, 0.4) is 0 Å². The van der Waals surface area contributed by atoms with Gasteiger partial charge >= 0.3 is 18.0 Å². The highest BCUT2D eigenvalue weighted by Crippen LogP contribution is 2.28. The van der Waals surface area contributed by atoms with Crippen LogP contribution in [0.1, 0.15) is 26.3 Å². The number of hydrogen-bond acceptors (Lipinski definition) is 5. The number of urea groups is 1. The van der Waals surface area contributed by atoms with Crippen molar-refractivity contribution in [3.63, 3.8) is 0 Å². The molecule has 0 aliphatic carbocycles. The van der Waals surface area contributed by atoms with E-state index in [4.69, 9.17) is 4.74 Å². The second kappa shape index (κ2) is 12.5. The predicted molar refractivity (Wildman–Crippen MR) is 144 cm³/mol. The minimum atomic E-state index is -2.61. The normalized spacial score (nSPS) is 13.6. The van der Waals surface area contributed by atoms with Gasteiger partial charge in [-0.1, -0.05) is 80.6 Å². The molecule has 0 saturated carbocycles. The number of ether oxygens (including phenoxy) is 1. The number of carboxylic acid groups (broad SMARTS) is 2. The van der Waals surface area contributed by atoms with Crippen LogP contribution >= 0.6 is 0 Å². The SMILES string of the molecule is CCOC(O)(CN(CC(C)C)C(=O)NC(Cc1ccc(-c2cccc3ccccc23)cc1)C(=O)O)C(=O)O. The van der Waals surface area contributed by atoms with E-state index in [1.807, 2.05) is 74.5 Å². The molecular formula is C29H34N2O7. The Labute approximate surface area is 221 Å². The summed E-state index contributed by atoms with van der Waals surface area (Å²) in [4.78, 5) is 37.7. The third kappa shape index (κ3) is 7.08. The van der Waals surface area contributed by atoms with E-state index in [2.05, 4.69) is 11.4 Å². The van der Waals surface area contributed by atoms with Crippen LogP contribution in [0.2, 0.25) is 0 Å². The molecule has 4 N–H and O–H groups in total. The minimum Gasteiger partial charge on any atom is -0.480 e. The highest BCUT2D eigenvalue weighted by Gasteiger charge is 2.41. The first-order chi connectivity index (χ1) is 18.0. The molecule has 0 aliphatic heterocycles. The van der Waals surface area contributed by atoms with Gasteiger partial charge in [0, 0.05) is 19.6 Å². The van der Waals surface area contributed by atoms with Gasteiger partial charge in [0.1, 0.15) is 6.04 Å². The van der Waals surface area contributed by atoms with E-state index in [1.54, 1.807) is 0 Å². The summed E-state index contributed by atoms with van der Waals surface area (Å²) in [6, 6.07) is 19.5. The van der Waals surface area contributed by atoms with Gasteiger partial charge < -0.3 is 30.3 Å². The summed E-state index contributed by atoms with van der Waals surface area (Å²) < 4.78 is 4.99. The van der Waals surface area contributed by atoms with Gasteiger partial charge in [0.2, 0.25) is 0 Å². The molecule has 9 nitrogen and oxygen atoms in total. The van der Waals surface area contributed by atoms with Crippen LogP contribution in [-0.4, -0.2) is 69.7 Å². The van der Waals surface area contributed by atoms with Crippen LogP contribution in [-0.2, 0) is 20.7 Å². The van der Waals surface area contributed by atoms with Crippen molar-refractivity contribution in [1.82, 2.24) is 10.2 Å². The van der Waals surface area contributed by atoms with Gasteiger partial charge in [-0.2, -0.15) is 0 Å². The first-order valence-electron chi connectivity index (χ1n) is 12.5. The molecule has 3 aromatic carbocycles. The second-order valence-corrected chi connectivity index (χ2v) is 9.56. The van der Waals surface area contributed by atoms with Gasteiger partial charge in [0.05, 0.1) is 6.54 Å². The van der Waals surface area contributed by atoms with E-state index < -0.39 is 36.3 Å². The number of benzene rings is 3. The molecule has 0 heterocycles. The zero-order valence-electron chi connectivity index (χ0n) is 21.8. The van der Waals surface area contributed by atoms with E-state index in [9.17, 15) is 29.7 Å². The van der Waals surface area contributed by atoms with Gasteiger partial charge in [-0.05, 0) is 40.3 Å². The van der Waals surface area contributed by atoms with Crippen LogP contribution in [0.4, 0.5) is 4.79 Å². The summed E-state index contributed by atoms with van der Waals surface area (Å²) in [5.74, 6) is -5.57. The maximum Gasteiger partial charge on any atom is 0.366 e. The lowest BCUT2D eigenvalue weighted by Gasteiger charge is -2.32. The maximum atomic E-state index is 13.0. The van der Waals surface area contributed by atoms with E-state index in [-0.39, 0.29) is 25.5 Å². The zero-order chi connectivity index (χ0) is 27.9. The average Bonchev–Trinajstić information content (AvgIpc) is 2.87. The number of carbonyl (C=O) groups excluding carboxylic acids is 1. The van der Waals surface area contributed by atoms with Gasteiger partial charge in [0.15, 0.2) is 0 Å². The molecule has 202 valence electrons. The highest BCUT2D eigenvalue weighted by atomic mass is 16.6. The largest absolute Gasteiger partial charge is 0.480 e. The van der Waals surface area contributed by atoms with Gasteiger partial charge in [-0.15, -0.1) is 0 Å². The average molecular weight is 523 g/mol. The first kappa shape index (κ1) is 28.6. The summed E-state index contributed by atoms with van der Waals surface area (Å²) in [7, 11) is 0. The fourth-order valence-corrected chi connectivity index (χ4v) is 4.31. The maximum absolute atomic E-state index is 13.0. The number of nitrogens with one attached hydrogen (secondary N) is 1. The Morgan fingerprint density at radius 2 is 1.63 bits per heavy atom. The minimum absolute atomic E-state index is 0.0149. The fourth-order valence-electron chi connectivity index (χ4n) is 4.31. The molecule has 0 aliphatic rings. The summed E-state index contributed by atoms with van der Waals surface area (Å²) in [5.41, 5.74) is 2.74. The Hall–Kier alpha value is -3.95. The Balaban J connectivity index is 1.77. The van der Waals surface area contributed by atoms with E-state index in [0.29, 0.717) is 5.56 Å². The van der Waals surface area contributed by atoms with Crippen molar-refractivity contribution >= 4 is 28.7 Å². The van der Waals surface area contributed by atoms with E-state index in [0.717, 1.165) is 26.8 Å². The number of fused-ring (bicyclic) bond motifs is 1. The lowest BCUT2D eigenvalue weighted by atomic mass is 9.96. The molecule has 2 amide bonds. The lowest BCUT2D eigenvalue weighted by molar-refractivity contribution is -0.225. The van der Waals surface area contributed by atoms with E-state index in [1.165, 1.54) is 6.92 Å². The van der Waals surface area contributed by atoms with Crippen molar-refractivity contribution in [2.45, 2.75) is 39.0 Å². The molecule has 0 bridgehead atoms. The number of rotatable bonds is 12. The fraction of sp³-hybridized carbons (Fsp3) is 0.345. The first-order valence-corrected chi connectivity index (χ1v) is 12.5. The van der Waals surface area contributed by atoms with Crippen molar-refractivity contribution in [2.75, 3.05) is 19.7 Å². The van der Waals surface area contributed by atoms with E-state index >= 15 is 0 Å². The van der Waals surface area contributed by atoms with Crippen LogP contribution in [0, 0.1) is 5.92 Å². The number of carboxylic acids is 2. The topological polar surface area (TPSA) is 136 Å². The molecule has 0 aromatic heterocycles. The molecule has 0 saturated heterocycles. The summed E-state index contributed by atoms with van der Waals surface area (Å²) >= 11 is 0. The summed E-state index contributed by atoms with van der Waals surface area (Å²) in [6.45, 7) is 4.48. The Kier molecular flexibility index (Phi) is 9.44. The van der Waals surface area contributed by atoms with Gasteiger partial charge in [-0.3, -0.25) is 0 Å². The lowest BCUT2D eigenvalue weighted by Crippen LogP contribution is -2.57. The van der Waals surface area contributed by atoms with Gasteiger partial charge in [0.25, 0.3) is 5.79 Å². The Morgan fingerprint density at radius 1 is 0.974 bits per heavy atom. The number of amides is 2. The summed E-state index contributed by atoms with van der Waals surface area (Å²) in [6.07, 6.45) is 0.0149. The third-order valence-corrected chi connectivity index (χ3v) is 6.09. The molecule has 9 heteroatoms. The molecule has 3 rings (SSSR count). The Morgan fingerprint density at radius 3 is 2.24 bits per heavy atom. The molecule has 3 aromatic rings. The molecule has 38 heavy (non-hydrogen) atoms. The van der Waals surface area contributed by atoms with Gasteiger partial charge in [-0.25, -0.2) is 14.4 Å². The number of carbonyl (C=O) groups is 3. The standard InChI is InChI=1S/C29H34N2O7/c1-4-38-29(37,27(34)35)18-31(17-19(2)3)28(36)30-25(26(32)33)16-20-12-14-22(15-13-20)24-11-7-9-21-8-5-6-10-23(21)24/h5-15,19,25,37H,4,16-18H2,1-3H3,(H,30,36)(H,32,33)(H,34,35). The number of aliphatic carboxylic acids is 2. The van der Waals surface area contributed by atoms with Crippen LogP contribution in [0.15, 0.2) is 66.7 Å². The molecule has 0 fully saturated rings. The number of aliphatic hydroxyl groups is 1. The second-order valence-electron chi connectivity index (χ2n) is 9.56. The highest BCUT2D eigenvalue weighted by molar-refractivity contribution is 5.96. The van der Waals surface area contributed by atoms with Crippen molar-refractivity contribution in [2.24, 2.45) is 5.92 Å². The summed E-state index contributed by atoms with van der Waals surface area (Å²) in [5, 5.41) is 34.4. The van der Waals surface area contributed by atoms with Crippen molar-refractivity contribution in [3.05, 3.63) is 72.3 Å². The third-order valence-electron chi connectivity index (χ3n) is 6.09. The zero-order valence-corrected chi connectivity index (χ0v) is 21.8. The van der Waals surface area contributed by atoms with Crippen molar-refractivity contribution in [3.8, 4) is 11.1 Å². The number of hydrogen-bond donors (Lipinski definition) is 4. The predicted octanol–water partition coefficient (Wildman–Crippen LogP) is 3.98.